The zero-order valence-corrected chi connectivity index (χ0v) is 17.8. The van der Waals surface area contributed by atoms with Gasteiger partial charge in [-0.1, -0.05) is 0 Å². The summed E-state index contributed by atoms with van der Waals surface area (Å²) in [5, 5.41) is 9.37. The van der Waals surface area contributed by atoms with E-state index >= 15 is 8.78 Å². The van der Waals surface area contributed by atoms with Crippen LogP contribution in [0.5, 0.6) is 5.75 Å². The molecule has 9 heteroatoms. The number of phenolic OH excluding ortho intramolecular Hbond substituents is 1. The summed E-state index contributed by atoms with van der Waals surface area (Å²) in [6, 6.07) is 6.78. The van der Waals surface area contributed by atoms with E-state index in [1.165, 1.54) is 35.0 Å². The van der Waals surface area contributed by atoms with Gasteiger partial charge in [0.1, 0.15) is 22.8 Å². The third-order valence-electron chi connectivity index (χ3n) is 5.60. The lowest BCUT2D eigenvalue weighted by atomic mass is 10.1. The van der Waals surface area contributed by atoms with Crippen LogP contribution in [0.3, 0.4) is 0 Å². The summed E-state index contributed by atoms with van der Waals surface area (Å²) in [4.78, 5) is 29.1. The number of benzene rings is 2. The maximum Gasteiger partial charge on any atom is 0.343 e. The molecule has 3 aromatic rings. The normalized spacial score (nSPS) is 14.7. The molecule has 0 unspecified atom stereocenters. The van der Waals surface area contributed by atoms with Crippen LogP contribution in [0.4, 0.5) is 14.5 Å². The molecule has 0 radical (unpaired) electrons. The molecule has 1 saturated heterocycles. The Morgan fingerprint density at radius 3 is 2.41 bits per heavy atom. The van der Waals surface area contributed by atoms with Crippen molar-refractivity contribution in [1.82, 2.24) is 9.47 Å². The van der Waals surface area contributed by atoms with Gasteiger partial charge in [0.15, 0.2) is 5.82 Å². The van der Waals surface area contributed by atoms with Crippen LogP contribution in [0, 0.1) is 11.6 Å². The molecule has 0 bridgehead atoms. The number of phenols is 1. The minimum absolute atomic E-state index is 0.00522. The quantitative estimate of drug-likeness (QED) is 0.625. The van der Waals surface area contributed by atoms with Crippen LogP contribution in [0.15, 0.2) is 41.3 Å². The van der Waals surface area contributed by atoms with Crippen molar-refractivity contribution < 1.29 is 23.4 Å². The van der Waals surface area contributed by atoms with Crippen molar-refractivity contribution in [2.75, 3.05) is 44.7 Å². The van der Waals surface area contributed by atoms with Crippen molar-refractivity contribution in [3.8, 4) is 11.4 Å². The average molecular weight is 443 g/mol. The molecule has 0 aliphatic carbocycles. The van der Waals surface area contributed by atoms with Crippen molar-refractivity contribution in [2.24, 2.45) is 0 Å². The molecule has 1 aliphatic rings. The summed E-state index contributed by atoms with van der Waals surface area (Å²) in [6.07, 6.45) is 1.20. The van der Waals surface area contributed by atoms with Gasteiger partial charge in [0.25, 0.3) is 0 Å². The van der Waals surface area contributed by atoms with Crippen LogP contribution in [-0.2, 0) is 4.74 Å². The SMILES string of the molecule is CCOC(=O)c1cn(-c2ccc(O)cc2)c2c(F)c(N3CCN(C)CC3)c(F)cc2c1=O. The Balaban J connectivity index is 2.02. The summed E-state index contributed by atoms with van der Waals surface area (Å²) in [5.74, 6) is -2.63. The lowest BCUT2D eigenvalue weighted by Gasteiger charge is -2.34. The summed E-state index contributed by atoms with van der Waals surface area (Å²) >= 11 is 0. The summed E-state index contributed by atoms with van der Waals surface area (Å²) < 4.78 is 37.3. The first-order valence-electron chi connectivity index (χ1n) is 10.3. The fourth-order valence-electron chi connectivity index (χ4n) is 3.90. The lowest BCUT2D eigenvalue weighted by molar-refractivity contribution is 0.0524. The maximum atomic E-state index is 15.9. The second kappa shape index (κ2) is 8.58. The summed E-state index contributed by atoms with van der Waals surface area (Å²) in [6.45, 7) is 3.78. The van der Waals surface area contributed by atoms with Gasteiger partial charge in [0, 0.05) is 38.1 Å². The van der Waals surface area contributed by atoms with Gasteiger partial charge >= 0.3 is 5.97 Å². The van der Waals surface area contributed by atoms with E-state index in [-0.39, 0.29) is 34.5 Å². The molecule has 1 aromatic heterocycles. The third kappa shape index (κ3) is 3.80. The van der Waals surface area contributed by atoms with Crippen molar-refractivity contribution in [3.63, 3.8) is 0 Å². The molecule has 0 spiro atoms. The maximum absolute atomic E-state index is 15.9. The number of carbonyl (C=O) groups is 1. The van der Waals surface area contributed by atoms with Crippen LogP contribution in [0.2, 0.25) is 0 Å². The second-order valence-electron chi connectivity index (χ2n) is 7.69. The number of hydrogen-bond donors (Lipinski definition) is 1. The van der Waals surface area contributed by atoms with Crippen LogP contribution < -0.4 is 10.3 Å². The van der Waals surface area contributed by atoms with Crippen LogP contribution in [0.25, 0.3) is 16.6 Å². The number of fused-ring (bicyclic) bond motifs is 1. The molecule has 1 fully saturated rings. The number of halogens is 2. The van der Waals surface area contributed by atoms with Crippen molar-refractivity contribution >= 4 is 22.6 Å². The topological polar surface area (TPSA) is 75.0 Å². The van der Waals surface area contributed by atoms with Gasteiger partial charge in [-0.15, -0.1) is 0 Å². The number of nitrogens with zero attached hydrogens (tertiary/aromatic N) is 3. The number of likely N-dealkylation sites (N-methyl/N-ethyl adjacent to an activating group) is 1. The van der Waals surface area contributed by atoms with Crippen molar-refractivity contribution in [1.29, 1.82) is 0 Å². The van der Waals surface area contributed by atoms with E-state index in [1.54, 1.807) is 11.8 Å². The molecule has 32 heavy (non-hydrogen) atoms. The van der Waals surface area contributed by atoms with Gasteiger partial charge in [-0.05, 0) is 44.3 Å². The highest BCUT2D eigenvalue weighted by molar-refractivity contribution is 5.95. The highest BCUT2D eigenvalue weighted by Crippen LogP contribution is 2.32. The van der Waals surface area contributed by atoms with E-state index in [1.807, 2.05) is 7.05 Å². The fourth-order valence-corrected chi connectivity index (χ4v) is 3.90. The largest absolute Gasteiger partial charge is 0.508 e. The average Bonchev–Trinajstić information content (AvgIpc) is 2.76. The van der Waals surface area contributed by atoms with Gasteiger partial charge in [-0.2, -0.15) is 0 Å². The molecular formula is C23H23F2N3O4. The minimum Gasteiger partial charge on any atom is -0.508 e. The number of carbonyl (C=O) groups excluding carboxylic acids is 1. The number of aromatic hydroxyl groups is 1. The van der Waals surface area contributed by atoms with Crippen molar-refractivity contribution in [3.05, 3.63) is 63.9 Å². The Morgan fingerprint density at radius 2 is 1.78 bits per heavy atom. The molecule has 0 atom stereocenters. The number of piperazine rings is 1. The number of rotatable bonds is 4. The smallest absolute Gasteiger partial charge is 0.343 e. The first-order valence-corrected chi connectivity index (χ1v) is 10.3. The monoisotopic (exact) mass is 443 g/mol. The number of anilines is 1. The predicted molar refractivity (Wildman–Crippen MR) is 117 cm³/mol. The number of ether oxygens (including phenoxy) is 1. The number of aromatic nitrogens is 1. The lowest BCUT2D eigenvalue weighted by Crippen LogP contribution is -2.45. The molecule has 168 valence electrons. The third-order valence-corrected chi connectivity index (χ3v) is 5.60. The van der Waals surface area contributed by atoms with E-state index in [9.17, 15) is 14.7 Å². The Bertz CT molecular complexity index is 1230. The molecule has 0 amide bonds. The van der Waals surface area contributed by atoms with E-state index in [0.717, 1.165) is 6.07 Å². The molecular weight excluding hydrogens is 420 g/mol. The molecule has 4 rings (SSSR count). The van der Waals surface area contributed by atoms with Crippen LogP contribution in [0.1, 0.15) is 17.3 Å². The standard InChI is InChI=1S/C23H23F2N3O4/c1-3-32-23(31)17-13-28(14-4-6-15(29)7-5-14)20-16(22(17)30)12-18(24)21(19(20)25)27-10-8-26(2)9-11-27/h4-7,12-13,29H,3,8-11H2,1-2H3. The number of hydrogen-bond acceptors (Lipinski definition) is 6. The fraction of sp³-hybridized carbons (Fsp3) is 0.304. The Hall–Kier alpha value is -3.46. The van der Waals surface area contributed by atoms with Crippen LogP contribution in [-0.4, -0.2) is 60.4 Å². The van der Waals surface area contributed by atoms with E-state index in [0.29, 0.717) is 31.9 Å². The Morgan fingerprint density at radius 1 is 1.12 bits per heavy atom. The van der Waals surface area contributed by atoms with E-state index in [2.05, 4.69) is 4.90 Å². The zero-order valence-electron chi connectivity index (χ0n) is 17.8. The van der Waals surface area contributed by atoms with Crippen LogP contribution >= 0.6 is 0 Å². The van der Waals surface area contributed by atoms with Gasteiger partial charge in [0.2, 0.25) is 5.43 Å². The first kappa shape index (κ1) is 21.8. The minimum atomic E-state index is -0.884. The molecule has 2 aromatic carbocycles. The van der Waals surface area contributed by atoms with Gasteiger partial charge < -0.3 is 24.2 Å². The van der Waals surface area contributed by atoms with E-state index < -0.39 is 23.0 Å². The molecule has 1 aliphatic heterocycles. The molecule has 1 N–H and O–H groups in total. The number of pyridine rings is 1. The molecule has 7 nitrogen and oxygen atoms in total. The number of esters is 1. The van der Waals surface area contributed by atoms with E-state index in [4.69, 9.17) is 4.74 Å². The Kier molecular flexibility index (Phi) is 5.84. The van der Waals surface area contributed by atoms with Gasteiger partial charge in [-0.3, -0.25) is 4.79 Å². The highest BCUT2D eigenvalue weighted by Gasteiger charge is 2.27. The highest BCUT2D eigenvalue weighted by atomic mass is 19.1. The summed E-state index contributed by atoms with van der Waals surface area (Å²) in [5.41, 5.74) is -1.12. The first-order chi connectivity index (χ1) is 15.3. The van der Waals surface area contributed by atoms with Gasteiger partial charge in [0.05, 0.1) is 17.5 Å². The van der Waals surface area contributed by atoms with Gasteiger partial charge in [-0.25, -0.2) is 13.6 Å². The Labute approximate surface area is 183 Å². The predicted octanol–water partition coefficient (Wildman–Crippen LogP) is 2.90. The summed E-state index contributed by atoms with van der Waals surface area (Å²) in [7, 11) is 1.93. The molecule has 0 saturated carbocycles. The zero-order chi connectivity index (χ0) is 23.0. The molecule has 2 heterocycles. The van der Waals surface area contributed by atoms with Crippen molar-refractivity contribution in [2.45, 2.75) is 6.92 Å². The second-order valence-corrected chi connectivity index (χ2v) is 7.69.